The molecule has 0 aromatic heterocycles. The Morgan fingerprint density at radius 1 is 1.22 bits per heavy atom. The maximum atomic E-state index is 3.33. The molecule has 0 amide bonds. The molecule has 0 fully saturated rings. The first-order valence-corrected chi connectivity index (χ1v) is 7.33. The van der Waals surface area contributed by atoms with E-state index in [1.54, 1.807) is 0 Å². The Morgan fingerprint density at radius 3 is 2.56 bits per heavy atom. The Balaban J connectivity index is 4.03. The van der Waals surface area contributed by atoms with Crippen LogP contribution in [-0.2, 0) is 0 Å². The molecule has 102 valence electrons. The van der Waals surface area contributed by atoms with Gasteiger partial charge >= 0.3 is 0 Å². The summed E-state index contributed by atoms with van der Waals surface area (Å²) in [5, 5.41) is 0. The number of allylic oxidation sites excluding steroid dienone is 5. The van der Waals surface area contributed by atoms with E-state index >= 15 is 0 Å². The zero-order valence-corrected chi connectivity index (χ0v) is 12.9. The van der Waals surface area contributed by atoms with Gasteiger partial charge < -0.3 is 0 Å². The van der Waals surface area contributed by atoms with Crippen molar-refractivity contribution in [3.05, 3.63) is 41.2 Å². The fourth-order valence-corrected chi connectivity index (χ4v) is 1.82. The van der Waals surface area contributed by atoms with Crippen molar-refractivity contribution in [3.63, 3.8) is 0 Å². The molecule has 0 aromatic carbocycles. The summed E-state index contributed by atoms with van der Waals surface area (Å²) in [7, 11) is 0. The van der Waals surface area contributed by atoms with Crippen LogP contribution in [0.25, 0.3) is 0 Å². The van der Waals surface area contributed by atoms with Gasteiger partial charge in [-0.05, 0) is 50.7 Å². The van der Waals surface area contributed by atoms with Gasteiger partial charge in [-0.2, -0.15) is 0 Å². The first-order valence-electron chi connectivity index (χ1n) is 7.33. The minimum Gasteiger partial charge on any atom is -0.126 e. The molecule has 0 heteroatoms. The second kappa shape index (κ2) is 11.1. The number of hydrogen-bond donors (Lipinski definition) is 0. The summed E-state index contributed by atoms with van der Waals surface area (Å²) in [6.07, 6.45) is 14.6. The average molecular weight is 246 g/mol. The Morgan fingerprint density at radius 2 is 1.94 bits per heavy atom. The molecule has 0 aliphatic heterocycles. The van der Waals surface area contributed by atoms with E-state index in [9.17, 15) is 0 Å². The van der Waals surface area contributed by atoms with Crippen molar-refractivity contribution in [2.75, 3.05) is 0 Å². The highest BCUT2D eigenvalue weighted by molar-refractivity contribution is 5.12. The molecule has 0 radical (unpaired) electrons. The van der Waals surface area contributed by atoms with Crippen LogP contribution in [-0.4, -0.2) is 0 Å². The SMILES string of the molecule is CCCC(C)=C=CCC=CC=C(C)CC(C)CC. The van der Waals surface area contributed by atoms with Gasteiger partial charge in [-0.3, -0.25) is 0 Å². The van der Waals surface area contributed by atoms with Gasteiger partial charge in [0, 0.05) is 0 Å². The Hall–Kier alpha value is -1.00. The number of rotatable bonds is 8. The van der Waals surface area contributed by atoms with Gasteiger partial charge in [-0.15, -0.1) is 5.73 Å². The molecule has 0 saturated heterocycles. The third kappa shape index (κ3) is 10.2. The van der Waals surface area contributed by atoms with E-state index in [0.717, 1.165) is 18.8 Å². The largest absolute Gasteiger partial charge is 0.126 e. The highest BCUT2D eigenvalue weighted by Gasteiger charge is 1.97. The molecule has 18 heavy (non-hydrogen) atoms. The maximum Gasteiger partial charge on any atom is -0.00898 e. The van der Waals surface area contributed by atoms with Crippen molar-refractivity contribution >= 4 is 0 Å². The van der Waals surface area contributed by atoms with Crippen molar-refractivity contribution in [1.29, 1.82) is 0 Å². The molecule has 0 rings (SSSR count). The molecular formula is C18H30. The molecule has 1 unspecified atom stereocenters. The summed E-state index contributed by atoms with van der Waals surface area (Å²) in [6, 6.07) is 0. The summed E-state index contributed by atoms with van der Waals surface area (Å²) >= 11 is 0. The summed E-state index contributed by atoms with van der Waals surface area (Å²) in [5.41, 5.74) is 6.16. The minimum atomic E-state index is 0.800. The van der Waals surface area contributed by atoms with Crippen LogP contribution in [0.1, 0.15) is 66.7 Å². The smallest absolute Gasteiger partial charge is 0.00898 e. The lowest BCUT2D eigenvalue weighted by atomic mass is 10.00. The van der Waals surface area contributed by atoms with Crippen LogP contribution in [0.4, 0.5) is 0 Å². The van der Waals surface area contributed by atoms with E-state index in [1.165, 1.54) is 30.4 Å². The first kappa shape index (κ1) is 17.0. The van der Waals surface area contributed by atoms with Gasteiger partial charge in [0.25, 0.3) is 0 Å². The summed E-state index contributed by atoms with van der Waals surface area (Å²) < 4.78 is 0. The topological polar surface area (TPSA) is 0 Å². The standard InChI is InChI=1S/C18H30/c1-6-12-17(4)13-10-8-9-11-14-18(5)15-16(3)7-2/h9-11,14,16H,6-8,12,15H2,1-5H3. The lowest BCUT2D eigenvalue weighted by Crippen LogP contribution is -1.91. The predicted molar refractivity (Wildman–Crippen MR) is 83.8 cm³/mol. The van der Waals surface area contributed by atoms with E-state index in [4.69, 9.17) is 0 Å². The second-order valence-electron chi connectivity index (χ2n) is 5.27. The molecule has 0 saturated carbocycles. The molecule has 1 atom stereocenters. The van der Waals surface area contributed by atoms with Crippen molar-refractivity contribution in [2.24, 2.45) is 5.92 Å². The molecule has 0 heterocycles. The maximum absolute atomic E-state index is 3.33. The van der Waals surface area contributed by atoms with Crippen molar-refractivity contribution in [2.45, 2.75) is 66.7 Å². The average Bonchev–Trinajstić information content (AvgIpc) is 2.33. The van der Waals surface area contributed by atoms with Crippen LogP contribution in [0.15, 0.2) is 41.2 Å². The predicted octanol–water partition coefficient (Wildman–Crippen LogP) is 6.22. The first-order chi connectivity index (χ1) is 8.60. The molecule has 0 aliphatic rings. The number of hydrogen-bond acceptors (Lipinski definition) is 0. The van der Waals surface area contributed by atoms with Crippen LogP contribution in [0.3, 0.4) is 0 Å². The van der Waals surface area contributed by atoms with Crippen LogP contribution in [0.5, 0.6) is 0 Å². The third-order valence-corrected chi connectivity index (χ3v) is 3.11. The summed E-state index contributed by atoms with van der Waals surface area (Å²) in [6.45, 7) is 11.1. The van der Waals surface area contributed by atoms with E-state index in [-0.39, 0.29) is 0 Å². The van der Waals surface area contributed by atoms with Gasteiger partial charge in [-0.25, -0.2) is 0 Å². The zero-order valence-electron chi connectivity index (χ0n) is 12.9. The molecule has 0 aliphatic carbocycles. The van der Waals surface area contributed by atoms with E-state index in [0.29, 0.717) is 0 Å². The molecule has 0 nitrogen and oxygen atoms in total. The zero-order chi connectivity index (χ0) is 13.8. The molecular weight excluding hydrogens is 216 g/mol. The molecule has 0 N–H and O–H groups in total. The van der Waals surface area contributed by atoms with Crippen LogP contribution < -0.4 is 0 Å². The lowest BCUT2D eigenvalue weighted by Gasteiger charge is -2.06. The van der Waals surface area contributed by atoms with E-state index in [1.807, 2.05) is 0 Å². The van der Waals surface area contributed by atoms with Gasteiger partial charge in [0.15, 0.2) is 0 Å². The van der Waals surface area contributed by atoms with Gasteiger partial charge in [0.1, 0.15) is 0 Å². The van der Waals surface area contributed by atoms with Crippen molar-refractivity contribution in [3.8, 4) is 0 Å². The van der Waals surface area contributed by atoms with Crippen LogP contribution in [0, 0.1) is 5.92 Å². The quantitative estimate of drug-likeness (QED) is 0.352. The fourth-order valence-electron chi connectivity index (χ4n) is 1.82. The third-order valence-electron chi connectivity index (χ3n) is 3.11. The highest BCUT2D eigenvalue weighted by Crippen LogP contribution is 2.13. The van der Waals surface area contributed by atoms with E-state index < -0.39 is 0 Å². The van der Waals surface area contributed by atoms with Gasteiger partial charge in [0.05, 0.1) is 0 Å². The highest BCUT2D eigenvalue weighted by atomic mass is 14.0. The van der Waals surface area contributed by atoms with Gasteiger partial charge in [-0.1, -0.05) is 57.4 Å². The molecule has 0 spiro atoms. The Kier molecular flexibility index (Phi) is 10.5. The normalized spacial score (nSPS) is 13.5. The van der Waals surface area contributed by atoms with Crippen molar-refractivity contribution < 1.29 is 0 Å². The molecule has 0 aromatic rings. The monoisotopic (exact) mass is 246 g/mol. The second-order valence-corrected chi connectivity index (χ2v) is 5.27. The Bertz CT molecular complexity index is 322. The molecule has 0 bridgehead atoms. The van der Waals surface area contributed by atoms with Crippen molar-refractivity contribution in [1.82, 2.24) is 0 Å². The Labute approximate surface area is 114 Å². The van der Waals surface area contributed by atoms with Gasteiger partial charge in [0.2, 0.25) is 0 Å². The van der Waals surface area contributed by atoms with Crippen LogP contribution >= 0.6 is 0 Å². The fraction of sp³-hybridized carbons (Fsp3) is 0.611. The van der Waals surface area contributed by atoms with Crippen LogP contribution in [0.2, 0.25) is 0 Å². The summed E-state index contributed by atoms with van der Waals surface area (Å²) in [5.74, 6) is 0.800. The minimum absolute atomic E-state index is 0.800. The van der Waals surface area contributed by atoms with E-state index in [2.05, 4.69) is 64.7 Å². The lowest BCUT2D eigenvalue weighted by molar-refractivity contribution is 0.557. The summed E-state index contributed by atoms with van der Waals surface area (Å²) in [4.78, 5) is 0.